The van der Waals surface area contributed by atoms with Gasteiger partial charge in [-0.1, -0.05) is 6.92 Å². The zero-order chi connectivity index (χ0) is 18.0. The zero-order valence-corrected chi connectivity index (χ0v) is 15.3. The summed E-state index contributed by atoms with van der Waals surface area (Å²) >= 11 is 5.35. The van der Waals surface area contributed by atoms with E-state index < -0.39 is 0 Å². The molecular formula is C18H23N3O3S. The number of amides is 1. The second-order valence-electron chi connectivity index (χ2n) is 6.52. The van der Waals surface area contributed by atoms with Crippen molar-refractivity contribution >= 4 is 29.0 Å². The molecule has 1 aliphatic rings. The van der Waals surface area contributed by atoms with E-state index in [1.165, 1.54) is 0 Å². The predicted molar refractivity (Wildman–Crippen MR) is 99.6 cm³/mol. The third-order valence-corrected chi connectivity index (χ3v) is 4.97. The van der Waals surface area contributed by atoms with Crippen LogP contribution in [0, 0.1) is 4.77 Å². The SMILES string of the molecule is CCC(C)NC(=O)c1ccc2c(=O)n(CC3CCCO3)c(=S)[nH]c2c1. The maximum Gasteiger partial charge on any atom is 0.262 e. The van der Waals surface area contributed by atoms with E-state index in [4.69, 9.17) is 17.0 Å². The Hall–Kier alpha value is -1.99. The number of ether oxygens (including phenoxy) is 1. The summed E-state index contributed by atoms with van der Waals surface area (Å²) in [6.45, 7) is 5.16. The Kier molecular flexibility index (Phi) is 5.34. The minimum absolute atomic E-state index is 0.0332. The summed E-state index contributed by atoms with van der Waals surface area (Å²) in [5, 5.41) is 3.44. The molecule has 1 aromatic carbocycles. The van der Waals surface area contributed by atoms with Crippen molar-refractivity contribution < 1.29 is 9.53 Å². The molecule has 7 heteroatoms. The molecule has 0 spiro atoms. The first kappa shape index (κ1) is 17.8. The van der Waals surface area contributed by atoms with Crippen LogP contribution in [0.3, 0.4) is 0 Å². The third-order valence-electron chi connectivity index (χ3n) is 4.64. The van der Waals surface area contributed by atoms with Gasteiger partial charge in [-0.25, -0.2) is 0 Å². The molecule has 6 nitrogen and oxygen atoms in total. The minimum Gasteiger partial charge on any atom is -0.376 e. The second kappa shape index (κ2) is 7.49. The summed E-state index contributed by atoms with van der Waals surface area (Å²) in [5.74, 6) is -0.154. The Labute approximate surface area is 151 Å². The molecule has 1 fully saturated rings. The summed E-state index contributed by atoms with van der Waals surface area (Å²) < 4.78 is 7.51. The minimum atomic E-state index is -0.154. The van der Waals surface area contributed by atoms with Crippen LogP contribution in [0.4, 0.5) is 0 Å². The Balaban J connectivity index is 1.95. The van der Waals surface area contributed by atoms with Crippen molar-refractivity contribution in [3.05, 3.63) is 38.9 Å². The lowest BCUT2D eigenvalue weighted by molar-refractivity contribution is 0.0939. The fourth-order valence-electron chi connectivity index (χ4n) is 2.96. The summed E-state index contributed by atoms with van der Waals surface area (Å²) in [5.41, 5.74) is 0.938. The van der Waals surface area contributed by atoms with Crippen LogP contribution >= 0.6 is 12.2 Å². The van der Waals surface area contributed by atoms with Crippen LogP contribution in [0.1, 0.15) is 43.5 Å². The van der Waals surface area contributed by atoms with E-state index >= 15 is 0 Å². The highest BCUT2D eigenvalue weighted by Gasteiger charge is 2.18. The molecule has 2 N–H and O–H groups in total. The van der Waals surface area contributed by atoms with Crippen molar-refractivity contribution in [2.24, 2.45) is 0 Å². The Morgan fingerprint density at radius 3 is 3.00 bits per heavy atom. The van der Waals surface area contributed by atoms with Gasteiger partial charge < -0.3 is 15.0 Å². The first-order valence-corrected chi connectivity index (χ1v) is 9.09. The maximum absolute atomic E-state index is 12.8. The molecule has 0 saturated carbocycles. The molecule has 0 radical (unpaired) electrons. The van der Waals surface area contributed by atoms with E-state index in [1.807, 2.05) is 13.8 Å². The first-order chi connectivity index (χ1) is 12.0. The number of aromatic amines is 1. The quantitative estimate of drug-likeness (QED) is 0.803. The van der Waals surface area contributed by atoms with Gasteiger partial charge in [0.1, 0.15) is 0 Å². The van der Waals surface area contributed by atoms with E-state index in [2.05, 4.69) is 10.3 Å². The number of carbonyl (C=O) groups is 1. The normalized spacial score (nSPS) is 18.4. The van der Waals surface area contributed by atoms with E-state index in [0.717, 1.165) is 25.9 Å². The molecule has 1 saturated heterocycles. The van der Waals surface area contributed by atoms with Crippen LogP contribution in [0.25, 0.3) is 10.9 Å². The van der Waals surface area contributed by atoms with Crippen LogP contribution in [0.15, 0.2) is 23.0 Å². The molecule has 2 atom stereocenters. The molecule has 0 aliphatic carbocycles. The molecule has 2 heterocycles. The highest BCUT2D eigenvalue weighted by molar-refractivity contribution is 7.71. The van der Waals surface area contributed by atoms with Crippen molar-refractivity contribution in [2.45, 2.75) is 51.8 Å². The Bertz CT molecular complexity index is 897. The number of benzene rings is 1. The topological polar surface area (TPSA) is 76.1 Å². The van der Waals surface area contributed by atoms with E-state index in [9.17, 15) is 9.59 Å². The fourth-order valence-corrected chi connectivity index (χ4v) is 3.23. The Morgan fingerprint density at radius 1 is 1.52 bits per heavy atom. The van der Waals surface area contributed by atoms with Crippen molar-refractivity contribution in [3.8, 4) is 0 Å². The van der Waals surface area contributed by atoms with E-state index in [1.54, 1.807) is 22.8 Å². The summed E-state index contributed by atoms with van der Waals surface area (Å²) in [4.78, 5) is 28.1. The number of rotatable bonds is 5. The van der Waals surface area contributed by atoms with Crippen molar-refractivity contribution in [3.63, 3.8) is 0 Å². The van der Waals surface area contributed by atoms with Gasteiger partial charge in [0.15, 0.2) is 4.77 Å². The van der Waals surface area contributed by atoms with Gasteiger partial charge in [0.25, 0.3) is 11.5 Å². The number of aromatic nitrogens is 2. The van der Waals surface area contributed by atoms with Crippen LogP contribution in [-0.2, 0) is 11.3 Å². The number of hydrogen-bond donors (Lipinski definition) is 2. The summed E-state index contributed by atoms with van der Waals surface area (Å²) in [6, 6.07) is 5.14. The van der Waals surface area contributed by atoms with Crippen molar-refractivity contribution in [1.29, 1.82) is 0 Å². The van der Waals surface area contributed by atoms with Crippen LogP contribution < -0.4 is 10.9 Å². The van der Waals surface area contributed by atoms with Gasteiger partial charge in [0.05, 0.1) is 23.6 Å². The molecule has 0 bridgehead atoms. The monoisotopic (exact) mass is 361 g/mol. The smallest absolute Gasteiger partial charge is 0.262 e. The number of nitrogens with zero attached hydrogens (tertiary/aromatic N) is 1. The van der Waals surface area contributed by atoms with Gasteiger partial charge in [0, 0.05) is 18.2 Å². The van der Waals surface area contributed by atoms with E-state index in [0.29, 0.717) is 27.8 Å². The highest BCUT2D eigenvalue weighted by atomic mass is 32.1. The van der Waals surface area contributed by atoms with Gasteiger partial charge in [-0.3, -0.25) is 14.2 Å². The summed E-state index contributed by atoms with van der Waals surface area (Å²) in [6.07, 6.45) is 2.84. The zero-order valence-electron chi connectivity index (χ0n) is 14.5. The average Bonchev–Trinajstić information content (AvgIpc) is 3.11. The standard InChI is InChI=1S/C18H23N3O3S/c1-3-11(2)19-16(22)12-6-7-14-15(9-12)20-18(25)21(17(14)23)10-13-5-4-8-24-13/h6-7,9,11,13H,3-5,8,10H2,1-2H3,(H,19,22)(H,20,25). The van der Waals surface area contributed by atoms with Gasteiger partial charge in [-0.05, 0) is 56.6 Å². The van der Waals surface area contributed by atoms with E-state index in [-0.39, 0.29) is 23.6 Å². The highest BCUT2D eigenvalue weighted by Crippen LogP contribution is 2.15. The van der Waals surface area contributed by atoms with Gasteiger partial charge >= 0.3 is 0 Å². The third kappa shape index (κ3) is 3.82. The first-order valence-electron chi connectivity index (χ1n) is 8.69. The number of hydrogen-bond acceptors (Lipinski definition) is 4. The molecule has 134 valence electrons. The fraction of sp³-hybridized carbons (Fsp3) is 0.500. The van der Waals surface area contributed by atoms with Crippen molar-refractivity contribution in [1.82, 2.24) is 14.9 Å². The molecule has 3 rings (SSSR count). The second-order valence-corrected chi connectivity index (χ2v) is 6.91. The predicted octanol–water partition coefficient (Wildman–Crippen LogP) is 2.77. The molecule has 1 amide bonds. The van der Waals surface area contributed by atoms with Crippen LogP contribution in [0.2, 0.25) is 0 Å². The lowest BCUT2D eigenvalue weighted by Gasteiger charge is -2.14. The lowest BCUT2D eigenvalue weighted by Crippen LogP contribution is -2.32. The number of carbonyl (C=O) groups excluding carboxylic acids is 1. The lowest BCUT2D eigenvalue weighted by atomic mass is 10.1. The van der Waals surface area contributed by atoms with Crippen LogP contribution in [0.5, 0.6) is 0 Å². The average molecular weight is 361 g/mol. The molecule has 25 heavy (non-hydrogen) atoms. The van der Waals surface area contributed by atoms with Gasteiger partial charge in [-0.15, -0.1) is 0 Å². The number of fused-ring (bicyclic) bond motifs is 1. The molecule has 1 aromatic heterocycles. The Morgan fingerprint density at radius 2 is 2.32 bits per heavy atom. The van der Waals surface area contributed by atoms with Crippen LogP contribution in [-0.4, -0.2) is 34.2 Å². The molecular weight excluding hydrogens is 338 g/mol. The maximum atomic E-state index is 12.8. The van der Waals surface area contributed by atoms with Gasteiger partial charge in [0.2, 0.25) is 0 Å². The molecule has 2 unspecified atom stereocenters. The summed E-state index contributed by atoms with van der Waals surface area (Å²) in [7, 11) is 0. The van der Waals surface area contributed by atoms with Crippen molar-refractivity contribution in [2.75, 3.05) is 6.61 Å². The molecule has 1 aliphatic heterocycles. The van der Waals surface area contributed by atoms with Gasteiger partial charge in [-0.2, -0.15) is 0 Å². The number of nitrogens with one attached hydrogen (secondary N) is 2. The number of H-pyrrole nitrogens is 1. The molecule has 2 aromatic rings. The largest absolute Gasteiger partial charge is 0.376 e.